The van der Waals surface area contributed by atoms with Crippen molar-refractivity contribution in [2.75, 3.05) is 21.3 Å². The number of nitrogens with zero attached hydrogens (tertiary/aromatic N) is 4. The Hall–Kier alpha value is -4.60. The SMILES string of the molecule is COc1cc(C2c3c(c4ccccc4oc3=O)Oc3ncn4nc(C(C)(C)C)nc4c32)cc(OC)c1OC. The molecule has 0 bridgehead atoms. The summed E-state index contributed by atoms with van der Waals surface area (Å²) in [6.07, 6.45) is 1.57. The van der Waals surface area contributed by atoms with Crippen LogP contribution >= 0.6 is 0 Å². The van der Waals surface area contributed by atoms with Gasteiger partial charge in [-0.25, -0.2) is 19.3 Å². The minimum atomic E-state index is -0.684. The molecule has 1 aliphatic rings. The van der Waals surface area contributed by atoms with Gasteiger partial charge in [-0.15, -0.1) is 5.10 Å². The van der Waals surface area contributed by atoms with Crippen LogP contribution in [0.3, 0.4) is 0 Å². The number of para-hydroxylation sites is 1. The van der Waals surface area contributed by atoms with Gasteiger partial charge in [-0.2, -0.15) is 0 Å². The van der Waals surface area contributed by atoms with Crippen molar-refractivity contribution in [1.82, 2.24) is 19.6 Å². The second-order valence-electron chi connectivity index (χ2n) is 10.0. The van der Waals surface area contributed by atoms with Crippen LogP contribution in [-0.4, -0.2) is 40.9 Å². The van der Waals surface area contributed by atoms with Crippen molar-refractivity contribution >= 4 is 16.6 Å². The predicted molar refractivity (Wildman–Crippen MR) is 139 cm³/mol. The van der Waals surface area contributed by atoms with Crippen molar-refractivity contribution < 1.29 is 23.4 Å². The molecule has 1 unspecified atom stereocenters. The molecule has 0 spiro atoms. The van der Waals surface area contributed by atoms with Crippen LogP contribution in [0.1, 0.15) is 49.2 Å². The average molecular weight is 515 g/mol. The number of hydrogen-bond donors (Lipinski definition) is 0. The smallest absolute Gasteiger partial charge is 0.344 e. The molecule has 10 heteroatoms. The summed E-state index contributed by atoms with van der Waals surface area (Å²) in [4.78, 5) is 23.1. The Morgan fingerprint density at radius 2 is 1.68 bits per heavy atom. The Bertz CT molecular complexity index is 1760. The second-order valence-corrected chi connectivity index (χ2v) is 10.0. The third kappa shape index (κ3) is 3.47. The van der Waals surface area contributed by atoms with Gasteiger partial charge in [-0.05, 0) is 29.8 Å². The second kappa shape index (κ2) is 8.47. The van der Waals surface area contributed by atoms with Crippen molar-refractivity contribution in [1.29, 1.82) is 0 Å². The maximum Gasteiger partial charge on any atom is 0.344 e. The van der Waals surface area contributed by atoms with E-state index in [1.54, 1.807) is 37.2 Å². The van der Waals surface area contributed by atoms with Gasteiger partial charge in [0.25, 0.3) is 0 Å². The first-order valence-corrected chi connectivity index (χ1v) is 12.0. The maximum absolute atomic E-state index is 13.6. The van der Waals surface area contributed by atoms with E-state index in [9.17, 15) is 4.79 Å². The van der Waals surface area contributed by atoms with Gasteiger partial charge in [0.2, 0.25) is 11.6 Å². The Kier molecular flexibility index (Phi) is 5.30. The molecule has 1 aliphatic heterocycles. The van der Waals surface area contributed by atoms with Crippen molar-refractivity contribution in [3.05, 3.63) is 75.7 Å². The van der Waals surface area contributed by atoms with Gasteiger partial charge in [0, 0.05) is 5.41 Å². The van der Waals surface area contributed by atoms with Gasteiger partial charge in [0.15, 0.2) is 28.7 Å². The summed E-state index contributed by atoms with van der Waals surface area (Å²) in [6, 6.07) is 10.9. The summed E-state index contributed by atoms with van der Waals surface area (Å²) < 4.78 is 30.5. The molecule has 2 aromatic carbocycles. The molecular weight excluding hydrogens is 488 g/mol. The van der Waals surface area contributed by atoms with Gasteiger partial charge in [-0.3, -0.25) is 0 Å². The summed E-state index contributed by atoms with van der Waals surface area (Å²) in [5.41, 5.74) is 1.69. The molecule has 0 amide bonds. The van der Waals surface area contributed by atoms with E-state index in [1.807, 2.05) is 45.0 Å². The molecule has 1 atom stereocenters. The molecule has 0 saturated carbocycles. The first-order valence-electron chi connectivity index (χ1n) is 12.0. The number of ether oxygens (including phenoxy) is 4. The third-order valence-corrected chi connectivity index (χ3v) is 6.65. The fourth-order valence-electron chi connectivity index (χ4n) is 4.85. The van der Waals surface area contributed by atoms with E-state index in [2.05, 4.69) is 10.1 Å². The fourth-order valence-corrected chi connectivity index (χ4v) is 4.85. The first kappa shape index (κ1) is 23.8. The molecule has 3 aromatic heterocycles. The van der Waals surface area contributed by atoms with Crippen LogP contribution in [0.5, 0.6) is 28.9 Å². The van der Waals surface area contributed by atoms with Crippen LogP contribution in [0.2, 0.25) is 0 Å². The zero-order valence-corrected chi connectivity index (χ0v) is 21.9. The lowest BCUT2D eigenvalue weighted by Crippen LogP contribution is -2.22. The van der Waals surface area contributed by atoms with Crippen LogP contribution < -0.4 is 24.6 Å². The normalized spacial score (nSPS) is 14.6. The summed E-state index contributed by atoms with van der Waals surface area (Å²) >= 11 is 0. The molecule has 6 rings (SSSR count). The lowest BCUT2D eigenvalue weighted by Gasteiger charge is -2.28. The largest absolute Gasteiger partial charge is 0.493 e. The molecule has 10 nitrogen and oxygen atoms in total. The molecule has 0 aliphatic carbocycles. The van der Waals surface area contributed by atoms with E-state index >= 15 is 0 Å². The number of hydrogen-bond acceptors (Lipinski definition) is 9. The minimum Gasteiger partial charge on any atom is -0.493 e. The summed E-state index contributed by atoms with van der Waals surface area (Å²) in [7, 11) is 4.63. The van der Waals surface area contributed by atoms with Gasteiger partial charge in [0.05, 0.1) is 43.8 Å². The highest BCUT2D eigenvalue weighted by Gasteiger charge is 2.39. The van der Waals surface area contributed by atoms with E-state index < -0.39 is 11.5 Å². The topological polar surface area (TPSA) is 110 Å². The van der Waals surface area contributed by atoms with Gasteiger partial charge < -0.3 is 23.4 Å². The predicted octanol–water partition coefficient (Wildman–Crippen LogP) is 4.84. The van der Waals surface area contributed by atoms with Crippen molar-refractivity contribution in [2.45, 2.75) is 32.1 Å². The quantitative estimate of drug-likeness (QED) is 0.305. The van der Waals surface area contributed by atoms with Gasteiger partial charge in [0.1, 0.15) is 11.9 Å². The lowest BCUT2D eigenvalue weighted by atomic mass is 9.83. The first-order chi connectivity index (χ1) is 18.2. The van der Waals surface area contributed by atoms with E-state index in [0.717, 1.165) is 0 Å². The molecule has 194 valence electrons. The van der Waals surface area contributed by atoms with E-state index in [0.29, 0.717) is 68.0 Å². The van der Waals surface area contributed by atoms with Crippen molar-refractivity contribution in [3.63, 3.8) is 0 Å². The van der Waals surface area contributed by atoms with Gasteiger partial charge >= 0.3 is 5.63 Å². The van der Waals surface area contributed by atoms with Gasteiger partial charge in [-0.1, -0.05) is 32.9 Å². The lowest BCUT2D eigenvalue weighted by molar-refractivity contribution is 0.323. The average Bonchev–Trinajstić information content (AvgIpc) is 3.36. The minimum absolute atomic E-state index is 0.316. The monoisotopic (exact) mass is 514 g/mol. The molecule has 0 fully saturated rings. The Morgan fingerprint density at radius 3 is 2.34 bits per heavy atom. The van der Waals surface area contributed by atoms with Crippen LogP contribution in [0.25, 0.3) is 16.6 Å². The number of rotatable bonds is 4. The molecule has 0 saturated heterocycles. The Balaban J connectivity index is 1.74. The highest BCUT2D eigenvalue weighted by molar-refractivity contribution is 5.87. The van der Waals surface area contributed by atoms with Crippen LogP contribution in [0, 0.1) is 0 Å². The summed E-state index contributed by atoms with van der Waals surface area (Å²) in [5.74, 6) is 1.98. The molecule has 4 heterocycles. The highest BCUT2D eigenvalue weighted by atomic mass is 16.5. The molecule has 0 N–H and O–H groups in total. The van der Waals surface area contributed by atoms with Crippen LogP contribution in [0.15, 0.2) is 51.9 Å². The molecular formula is C28H26N4O6. The molecule has 38 heavy (non-hydrogen) atoms. The fraction of sp³-hybridized carbons (Fsp3) is 0.286. The summed E-state index contributed by atoms with van der Waals surface area (Å²) in [6.45, 7) is 6.10. The van der Waals surface area contributed by atoms with Crippen LogP contribution in [0.4, 0.5) is 0 Å². The third-order valence-electron chi connectivity index (χ3n) is 6.65. The molecule has 5 aromatic rings. The zero-order chi connectivity index (χ0) is 26.8. The summed E-state index contributed by atoms with van der Waals surface area (Å²) in [5, 5.41) is 5.32. The maximum atomic E-state index is 13.6. The van der Waals surface area contributed by atoms with Crippen molar-refractivity contribution in [3.8, 4) is 28.9 Å². The van der Waals surface area contributed by atoms with Crippen LogP contribution in [-0.2, 0) is 5.41 Å². The Morgan fingerprint density at radius 1 is 0.974 bits per heavy atom. The standard InChI is InChI=1S/C28H26N4O6/c1-28(2,3)27-30-24-21-19(14-11-17(34-4)23(36-6)18(12-14)35-5)20-22(38-25(21)29-13-32(24)31-27)15-9-7-8-10-16(15)37-26(20)33/h7-13,19H,1-6H3. The number of methoxy groups -OCH3 is 3. The highest BCUT2D eigenvalue weighted by Crippen LogP contribution is 2.51. The number of benzene rings is 2. The van der Waals surface area contributed by atoms with E-state index in [4.69, 9.17) is 28.3 Å². The Labute approximate surface area is 217 Å². The number of fused-ring (bicyclic) bond motifs is 6. The van der Waals surface area contributed by atoms with Crippen molar-refractivity contribution in [2.24, 2.45) is 0 Å². The van der Waals surface area contributed by atoms with E-state index in [1.165, 1.54) is 7.11 Å². The zero-order valence-electron chi connectivity index (χ0n) is 21.9. The molecule has 0 radical (unpaired) electrons. The van der Waals surface area contributed by atoms with E-state index in [-0.39, 0.29) is 5.41 Å². The number of aromatic nitrogens is 4.